The van der Waals surface area contributed by atoms with Crippen LogP contribution in [0.15, 0.2) is 30.7 Å². The summed E-state index contributed by atoms with van der Waals surface area (Å²) in [6.45, 7) is 4.90. The highest BCUT2D eigenvalue weighted by Gasteiger charge is 2.08. The van der Waals surface area contributed by atoms with Crippen LogP contribution in [0.4, 0.5) is 16.3 Å². The zero-order valence-corrected chi connectivity index (χ0v) is 8.47. The number of carbonyl (C=O) groups is 1. The van der Waals surface area contributed by atoms with Crippen molar-refractivity contribution in [3.05, 3.63) is 40.8 Å². The fourth-order valence-corrected chi connectivity index (χ4v) is 0.856. The lowest BCUT2D eigenvalue weighted by Gasteiger charge is -2.04. The van der Waals surface area contributed by atoms with Crippen LogP contribution in [0.25, 0.3) is 0 Å². The van der Waals surface area contributed by atoms with Crippen molar-refractivity contribution < 1.29 is 14.5 Å². The molecule has 0 saturated carbocycles. The van der Waals surface area contributed by atoms with Crippen molar-refractivity contribution >= 4 is 17.6 Å². The third-order valence-corrected chi connectivity index (χ3v) is 1.46. The molecule has 0 fully saturated rings. The molecule has 0 spiro atoms. The number of carbonyl (C=O) groups excluding carboxylic acids is 1. The highest BCUT2D eigenvalue weighted by molar-refractivity contribution is 5.83. The Labute approximate surface area is 90.9 Å². The standard InChI is InChI=1S/C9H9N3O4/c1-6(2)16-9(13)11-8-4-3-7(5-10-8)12(14)15/h3-5H,1H2,2H3,(H,10,11,13). The average Bonchev–Trinajstić information content (AvgIpc) is 2.16. The molecule has 0 unspecified atom stereocenters. The Hall–Kier alpha value is -2.44. The van der Waals surface area contributed by atoms with Gasteiger partial charge in [0.15, 0.2) is 0 Å². The predicted molar refractivity (Wildman–Crippen MR) is 55.8 cm³/mol. The Balaban J connectivity index is 2.65. The van der Waals surface area contributed by atoms with Crippen LogP contribution in [0.5, 0.6) is 0 Å². The smallest absolute Gasteiger partial charge is 0.416 e. The van der Waals surface area contributed by atoms with Crippen LogP contribution >= 0.6 is 0 Å². The van der Waals surface area contributed by atoms with Gasteiger partial charge in [-0.2, -0.15) is 0 Å². The summed E-state index contributed by atoms with van der Waals surface area (Å²) in [6.07, 6.45) is 0.296. The molecule has 1 aromatic heterocycles. The largest absolute Gasteiger partial charge is 0.417 e. The van der Waals surface area contributed by atoms with Crippen molar-refractivity contribution in [2.75, 3.05) is 5.32 Å². The summed E-state index contributed by atoms with van der Waals surface area (Å²) < 4.78 is 4.61. The van der Waals surface area contributed by atoms with Gasteiger partial charge in [-0.3, -0.25) is 15.4 Å². The average molecular weight is 223 g/mol. The molecule has 1 aromatic rings. The van der Waals surface area contributed by atoms with Crippen molar-refractivity contribution in [1.82, 2.24) is 4.98 Å². The lowest BCUT2D eigenvalue weighted by Crippen LogP contribution is -2.13. The second-order valence-electron chi connectivity index (χ2n) is 2.88. The number of anilines is 1. The maximum Gasteiger partial charge on any atom is 0.417 e. The fraction of sp³-hybridized carbons (Fsp3) is 0.111. The first-order valence-electron chi connectivity index (χ1n) is 4.24. The van der Waals surface area contributed by atoms with Gasteiger partial charge in [0.25, 0.3) is 5.69 Å². The van der Waals surface area contributed by atoms with E-state index in [0.29, 0.717) is 0 Å². The first kappa shape index (κ1) is 11.6. The van der Waals surface area contributed by atoms with Gasteiger partial charge in [0.2, 0.25) is 0 Å². The molecule has 84 valence electrons. The normalized spacial score (nSPS) is 9.31. The van der Waals surface area contributed by atoms with Crippen LogP contribution in [0.1, 0.15) is 6.92 Å². The van der Waals surface area contributed by atoms with Gasteiger partial charge in [0.05, 0.1) is 10.7 Å². The summed E-state index contributed by atoms with van der Waals surface area (Å²) in [5.41, 5.74) is -0.154. The monoisotopic (exact) mass is 223 g/mol. The highest BCUT2D eigenvalue weighted by atomic mass is 16.6. The van der Waals surface area contributed by atoms with Crippen LogP contribution in [0.3, 0.4) is 0 Å². The minimum atomic E-state index is -0.742. The van der Waals surface area contributed by atoms with Crippen LogP contribution in [-0.4, -0.2) is 16.0 Å². The van der Waals surface area contributed by atoms with Gasteiger partial charge in [-0.15, -0.1) is 0 Å². The number of nitrogens with one attached hydrogen (secondary N) is 1. The lowest BCUT2D eigenvalue weighted by molar-refractivity contribution is -0.385. The molecular formula is C9H9N3O4. The number of nitrogens with zero attached hydrogens (tertiary/aromatic N) is 2. The summed E-state index contributed by atoms with van der Waals surface area (Å²) in [4.78, 5) is 24.5. The topological polar surface area (TPSA) is 94.4 Å². The van der Waals surface area contributed by atoms with E-state index >= 15 is 0 Å². The number of hydrogen-bond donors (Lipinski definition) is 1. The number of rotatable bonds is 3. The van der Waals surface area contributed by atoms with Gasteiger partial charge in [-0.25, -0.2) is 9.78 Å². The zero-order valence-electron chi connectivity index (χ0n) is 8.47. The summed E-state index contributed by atoms with van der Waals surface area (Å²) in [6, 6.07) is 2.53. The Morgan fingerprint density at radius 1 is 1.62 bits per heavy atom. The van der Waals surface area contributed by atoms with Crippen molar-refractivity contribution in [3.8, 4) is 0 Å². The van der Waals surface area contributed by atoms with Gasteiger partial charge in [0.1, 0.15) is 12.0 Å². The van der Waals surface area contributed by atoms with E-state index in [-0.39, 0.29) is 17.3 Å². The summed E-state index contributed by atoms with van der Waals surface area (Å²) in [5.74, 6) is 0.399. The first-order chi connectivity index (χ1) is 7.49. The van der Waals surface area contributed by atoms with E-state index in [2.05, 4.69) is 21.6 Å². The molecule has 0 aliphatic heterocycles. The number of nitro groups is 1. The Kier molecular flexibility index (Phi) is 3.54. The maximum atomic E-state index is 11.1. The third kappa shape index (κ3) is 3.37. The Bertz CT molecular complexity index is 427. The quantitative estimate of drug-likeness (QED) is 0.480. The molecule has 0 aromatic carbocycles. The Morgan fingerprint density at radius 2 is 2.31 bits per heavy atom. The second-order valence-corrected chi connectivity index (χ2v) is 2.88. The second kappa shape index (κ2) is 4.87. The molecule has 0 bridgehead atoms. The molecule has 7 heteroatoms. The third-order valence-electron chi connectivity index (χ3n) is 1.46. The van der Waals surface area contributed by atoms with E-state index in [4.69, 9.17) is 0 Å². The van der Waals surface area contributed by atoms with Crippen molar-refractivity contribution in [1.29, 1.82) is 0 Å². The minimum Gasteiger partial charge on any atom is -0.416 e. The van der Waals surface area contributed by atoms with Gasteiger partial charge >= 0.3 is 6.09 Å². The van der Waals surface area contributed by atoms with E-state index in [9.17, 15) is 14.9 Å². The molecule has 0 radical (unpaired) electrons. The number of pyridine rings is 1. The SMILES string of the molecule is C=C(C)OC(=O)Nc1ccc([N+](=O)[O-])cn1. The molecule has 0 saturated heterocycles. The number of amides is 1. The molecule has 7 nitrogen and oxygen atoms in total. The van der Waals surface area contributed by atoms with Gasteiger partial charge in [0, 0.05) is 6.07 Å². The van der Waals surface area contributed by atoms with E-state index < -0.39 is 11.0 Å². The molecule has 1 rings (SSSR count). The van der Waals surface area contributed by atoms with Crippen LogP contribution in [-0.2, 0) is 4.74 Å². The van der Waals surface area contributed by atoms with Crippen LogP contribution in [0.2, 0.25) is 0 Å². The maximum absolute atomic E-state index is 11.1. The predicted octanol–water partition coefficient (Wildman–Crippen LogP) is 2.07. The van der Waals surface area contributed by atoms with Gasteiger partial charge in [-0.05, 0) is 13.0 Å². The number of hydrogen-bond acceptors (Lipinski definition) is 5. The van der Waals surface area contributed by atoms with Gasteiger partial charge in [-0.1, -0.05) is 6.58 Å². The highest BCUT2D eigenvalue weighted by Crippen LogP contribution is 2.12. The van der Waals surface area contributed by atoms with Crippen molar-refractivity contribution in [2.24, 2.45) is 0 Å². The lowest BCUT2D eigenvalue weighted by atomic mass is 10.4. The van der Waals surface area contributed by atoms with Crippen LogP contribution < -0.4 is 5.32 Å². The number of ether oxygens (including phenoxy) is 1. The first-order valence-corrected chi connectivity index (χ1v) is 4.24. The minimum absolute atomic E-state index is 0.154. The van der Waals surface area contributed by atoms with Gasteiger partial charge < -0.3 is 4.74 Å². The van der Waals surface area contributed by atoms with E-state index in [1.165, 1.54) is 19.1 Å². The molecule has 0 aliphatic carbocycles. The van der Waals surface area contributed by atoms with E-state index in [0.717, 1.165) is 6.20 Å². The zero-order chi connectivity index (χ0) is 12.1. The molecule has 1 N–H and O–H groups in total. The molecule has 0 aliphatic rings. The summed E-state index contributed by atoms with van der Waals surface area (Å²) >= 11 is 0. The Morgan fingerprint density at radius 3 is 2.75 bits per heavy atom. The van der Waals surface area contributed by atoms with Crippen molar-refractivity contribution in [2.45, 2.75) is 6.92 Å². The molecule has 0 atom stereocenters. The summed E-state index contributed by atoms with van der Waals surface area (Å²) in [7, 11) is 0. The molecule has 1 heterocycles. The molecule has 1 amide bonds. The number of allylic oxidation sites excluding steroid dienone is 1. The summed E-state index contributed by atoms with van der Waals surface area (Å²) in [5, 5.41) is 12.6. The fourth-order valence-electron chi connectivity index (χ4n) is 0.856. The van der Waals surface area contributed by atoms with E-state index in [1.807, 2.05) is 0 Å². The molecular weight excluding hydrogens is 214 g/mol. The van der Waals surface area contributed by atoms with Crippen LogP contribution in [0, 0.1) is 10.1 Å². The number of aromatic nitrogens is 1. The van der Waals surface area contributed by atoms with Crippen molar-refractivity contribution in [3.63, 3.8) is 0 Å². The molecule has 16 heavy (non-hydrogen) atoms. The van der Waals surface area contributed by atoms with E-state index in [1.54, 1.807) is 0 Å².